The van der Waals surface area contributed by atoms with E-state index in [9.17, 15) is 10.2 Å². The Morgan fingerprint density at radius 1 is 0.545 bits per heavy atom. The molecule has 0 radical (unpaired) electrons. The number of hydrogen-bond donors (Lipinski definition) is 2. The second-order valence-electron chi connectivity index (χ2n) is 4.91. The highest BCUT2D eigenvalue weighted by Gasteiger charge is 2.06. The van der Waals surface area contributed by atoms with Crippen LogP contribution in [0.2, 0.25) is 10.0 Å². The third kappa shape index (κ3) is 2.89. The zero-order valence-corrected chi connectivity index (χ0v) is 12.9. The normalized spacial score (nSPS) is 10.6. The third-order valence-corrected chi connectivity index (χ3v) is 4.03. The first kappa shape index (κ1) is 14.8. The lowest BCUT2D eigenvalue weighted by Gasteiger charge is -2.08. The van der Waals surface area contributed by atoms with Crippen LogP contribution in [0.25, 0.3) is 22.3 Å². The summed E-state index contributed by atoms with van der Waals surface area (Å²) in [4.78, 5) is 0. The van der Waals surface area contributed by atoms with Gasteiger partial charge in [0.1, 0.15) is 11.5 Å². The maximum absolute atomic E-state index is 9.51. The number of phenols is 2. The molecular weight excluding hydrogens is 319 g/mol. The van der Waals surface area contributed by atoms with Gasteiger partial charge in [0.05, 0.1) is 10.0 Å². The van der Waals surface area contributed by atoms with Crippen molar-refractivity contribution in [1.82, 2.24) is 0 Å². The van der Waals surface area contributed by atoms with E-state index in [0.29, 0.717) is 10.0 Å². The highest BCUT2D eigenvalue weighted by Crippen LogP contribution is 2.33. The van der Waals surface area contributed by atoms with Gasteiger partial charge in [-0.15, -0.1) is 0 Å². The van der Waals surface area contributed by atoms with E-state index in [1.54, 1.807) is 24.3 Å². The molecule has 110 valence electrons. The smallest absolute Gasteiger partial charge is 0.134 e. The Balaban J connectivity index is 2.05. The molecule has 4 heteroatoms. The van der Waals surface area contributed by atoms with Gasteiger partial charge in [-0.25, -0.2) is 0 Å². The van der Waals surface area contributed by atoms with E-state index in [1.165, 1.54) is 0 Å². The third-order valence-electron chi connectivity index (χ3n) is 3.42. The predicted octanol–water partition coefficient (Wildman–Crippen LogP) is 5.74. The number of hydrogen-bond acceptors (Lipinski definition) is 2. The molecule has 0 amide bonds. The van der Waals surface area contributed by atoms with Crippen LogP contribution in [-0.2, 0) is 0 Å². The second-order valence-corrected chi connectivity index (χ2v) is 5.73. The minimum atomic E-state index is 0.0619. The van der Waals surface area contributed by atoms with Crippen molar-refractivity contribution in [2.75, 3.05) is 0 Å². The van der Waals surface area contributed by atoms with Crippen LogP contribution in [0, 0.1) is 0 Å². The Hall–Kier alpha value is -2.16. The number of phenolic OH excluding ortho intramolecular Hbond substituents is 2. The van der Waals surface area contributed by atoms with Crippen LogP contribution < -0.4 is 0 Å². The summed E-state index contributed by atoms with van der Waals surface area (Å²) in [5, 5.41) is 19.6. The fourth-order valence-electron chi connectivity index (χ4n) is 2.25. The molecule has 0 spiro atoms. The van der Waals surface area contributed by atoms with Gasteiger partial charge in [0, 0.05) is 0 Å². The van der Waals surface area contributed by atoms with Gasteiger partial charge in [-0.1, -0.05) is 53.5 Å². The van der Waals surface area contributed by atoms with Crippen LogP contribution in [0.1, 0.15) is 0 Å². The maximum atomic E-state index is 9.51. The Kier molecular flexibility index (Phi) is 3.97. The van der Waals surface area contributed by atoms with E-state index in [2.05, 4.69) is 0 Å². The van der Waals surface area contributed by atoms with Gasteiger partial charge in [0.2, 0.25) is 0 Å². The first-order valence-electron chi connectivity index (χ1n) is 6.62. The van der Waals surface area contributed by atoms with E-state index in [4.69, 9.17) is 23.2 Å². The van der Waals surface area contributed by atoms with E-state index < -0.39 is 0 Å². The molecule has 0 aromatic heterocycles. The van der Waals surface area contributed by atoms with Crippen LogP contribution in [0.15, 0.2) is 60.7 Å². The van der Waals surface area contributed by atoms with Gasteiger partial charge in [-0.05, 0) is 52.6 Å². The van der Waals surface area contributed by atoms with Gasteiger partial charge in [-0.2, -0.15) is 0 Å². The summed E-state index contributed by atoms with van der Waals surface area (Å²) in [7, 11) is 0. The molecule has 2 N–H and O–H groups in total. The van der Waals surface area contributed by atoms with Crippen LogP contribution in [-0.4, -0.2) is 10.2 Å². The lowest BCUT2D eigenvalue weighted by molar-refractivity contribution is 0.475. The first-order valence-corrected chi connectivity index (χ1v) is 7.38. The van der Waals surface area contributed by atoms with Crippen molar-refractivity contribution in [2.45, 2.75) is 0 Å². The lowest BCUT2D eigenvalue weighted by Crippen LogP contribution is -1.82. The van der Waals surface area contributed by atoms with Crippen molar-refractivity contribution in [3.63, 3.8) is 0 Å². The average molecular weight is 331 g/mol. The molecule has 0 aliphatic rings. The molecule has 3 aromatic rings. The predicted molar refractivity (Wildman–Crippen MR) is 90.7 cm³/mol. The van der Waals surface area contributed by atoms with Crippen LogP contribution in [0.3, 0.4) is 0 Å². The summed E-state index contributed by atoms with van der Waals surface area (Å²) in [6, 6.07) is 18.1. The molecule has 22 heavy (non-hydrogen) atoms. The highest BCUT2D eigenvalue weighted by atomic mass is 35.5. The van der Waals surface area contributed by atoms with Crippen LogP contribution in [0.5, 0.6) is 11.5 Å². The van der Waals surface area contributed by atoms with Gasteiger partial charge in [0.25, 0.3) is 0 Å². The minimum absolute atomic E-state index is 0.0619. The monoisotopic (exact) mass is 330 g/mol. The van der Waals surface area contributed by atoms with Crippen LogP contribution >= 0.6 is 23.2 Å². The summed E-state index contributed by atoms with van der Waals surface area (Å²) in [5.74, 6) is 0.124. The Bertz CT molecular complexity index is 777. The van der Waals surface area contributed by atoms with Crippen molar-refractivity contribution in [3.05, 3.63) is 70.7 Å². The van der Waals surface area contributed by atoms with Crippen LogP contribution in [0.4, 0.5) is 0 Å². The molecule has 0 aliphatic heterocycles. The largest absolute Gasteiger partial charge is 0.506 e. The second kappa shape index (κ2) is 5.91. The summed E-state index contributed by atoms with van der Waals surface area (Å²) in [6.45, 7) is 0. The molecule has 0 bridgehead atoms. The maximum Gasteiger partial charge on any atom is 0.134 e. The van der Waals surface area contributed by atoms with Gasteiger partial charge < -0.3 is 10.2 Å². The molecule has 0 fully saturated rings. The fourth-order valence-corrected chi connectivity index (χ4v) is 2.61. The van der Waals surface area contributed by atoms with Gasteiger partial charge in [-0.3, -0.25) is 0 Å². The van der Waals surface area contributed by atoms with Crippen molar-refractivity contribution < 1.29 is 10.2 Å². The van der Waals surface area contributed by atoms with Crippen molar-refractivity contribution in [3.8, 4) is 33.8 Å². The SMILES string of the molecule is Oc1ccc(-c2cccc(-c3ccc(O)c(Cl)c3)c2)cc1Cl. The Morgan fingerprint density at radius 3 is 1.36 bits per heavy atom. The van der Waals surface area contributed by atoms with Gasteiger partial charge in [0.15, 0.2) is 0 Å². The zero-order valence-electron chi connectivity index (χ0n) is 11.4. The first-order chi connectivity index (χ1) is 10.5. The number of benzene rings is 3. The van der Waals surface area contributed by atoms with E-state index in [1.807, 2.05) is 36.4 Å². The van der Waals surface area contributed by atoms with E-state index in [0.717, 1.165) is 22.3 Å². The Labute approximate surface area is 138 Å². The van der Waals surface area contributed by atoms with Crippen molar-refractivity contribution >= 4 is 23.2 Å². The molecule has 0 unspecified atom stereocenters. The molecule has 0 saturated heterocycles. The molecule has 0 aliphatic carbocycles. The quantitative estimate of drug-likeness (QED) is 0.629. The summed E-state index contributed by atoms with van der Waals surface area (Å²) >= 11 is 11.9. The topological polar surface area (TPSA) is 40.5 Å². The molecular formula is C18H12Cl2O2. The molecule has 0 atom stereocenters. The molecule has 0 saturated carbocycles. The minimum Gasteiger partial charge on any atom is -0.506 e. The Morgan fingerprint density at radius 2 is 0.955 bits per heavy atom. The lowest BCUT2D eigenvalue weighted by atomic mass is 9.99. The molecule has 0 heterocycles. The van der Waals surface area contributed by atoms with Crippen molar-refractivity contribution in [1.29, 1.82) is 0 Å². The summed E-state index contributed by atoms with van der Waals surface area (Å²) in [6.07, 6.45) is 0. The molecule has 3 aromatic carbocycles. The zero-order chi connectivity index (χ0) is 15.7. The number of halogens is 2. The van der Waals surface area contributed by atoms with E-state index >= 15 is 0 Å². The van der Waals surface area contributed by atoms with E-state index in [-0.39, 0.29) is 11.5 Å². The average Bonchev–Trinajstić information content (AvgIpc) is 2.53. The summed E-state index contributed by atoms with van der Waals surface area (Å²) in [5.41, 5.74) is 3.77. The number of rotatable bonds is 2. The standard InChI is InChI=1S/C18H12Cl2O2/c19-15-9-13(4-6-17(15)21)11-2-1-3-12(8-11)14-5-7-18(22)16(20)10-14/h1-10,21-22H. The highest BCUT2D eigenvalue weighted by molar-refractivity contribution is 6.32. The molecule has 3 rings (SSSR count). The van der Waals surface area contributed by atoms with Crippen molar-refractivity contribution in [2.24, 2.45) is 0 Å². The molecule has 2 nitrogen and oxygen atoms in total. The number of aromatic hydroxyl groups is 2. The summed E-state index contributed by atoms with van der Waals surface area (Å²) < 4.78 is 0. The fraction of sp³-hybridized carbons (Fsp3) is 0. The van der Waals surface area contributed by atoms with Gasteiger partial charge >= 0.3 is 0 Å².